The Balaban J connectivity index is 0.938. The van der Waals surface area contributed by atoms with Crippen LogP contribution in [0.3, 0.4) is 0 Å². The lowest BCUT2D eigenvalue weighted by molar-refractivity contribution is -0.143. The number of nitrogens with one attached hydrogen (secondary N) is 3. The van der Waals surface area contributed by atoms with Gasteiger partial charge in [-0.05, 0) is 131 Å². The van der Waals surface area contributed by atoms with Gasteiger partial charge in [0.1, 0.15) is 29.2 Å². The van der Waals surface area contributed by atoms with Gasteiger partial charge >= 0.3 is 23.6 Å². The Morgan fingerprint density at radius 3 is 2.04 bits per heavy atom. The Morgan fingerprint density at radius 1 is 0.842 bits per heavy atom. The number of benzene rings is 3. The average Bonchev–Trinajstić information content (AvgIpc) is 4.06. The summed E-state index contributed by atoms with van der Waals surface area (Å²) in [5, 5.41) is 5.59. The van der Waals surface area contributed by atoms with Crippen LogP contribution in [0.25, 0.3) is 6.08 Å². The molecule has 3 aromatic carbocycles. The SMILES string of the molecule is COP(O[C@@H]1CC(n2cc(/C=C/C(=O)NCCCOCCNC(=O)c3ccc4c(c3)C3(OC4=O)c4ccc(OC(=O)C(C)(C)C)cc4Oc4cc(OC(=O)C(C)(C)C)ccc43)c(=O)[nH]c2=O)OC1C)N(C(C)C)C(C)C. The van der Waals surface area contributed by atoms with Crippen molar-refractivity contribution >= 4 is 44.3 Å². The maximum absolute atomic E-state index is 13.7. The van der Waals surface area contributed by atoms with Gasteiger partial charge in [-0.25, -0.2) is 14.3 Å². The van der Waals surface area contributed by atoms with Gasteiger partial charge in [0, 0.05) is 92.0 Å². The Bertz CT molecular complexity index is 2920. The van der Waals surface area contributed by atoms with E-state index in [0.717, 1.165) is 0 Å². The number of fused-ring (bicyclic) bond motifs is 6. The summed E-state index contributed by atoms with van der Waals surface area (Å²) < 4.78 is 51.5. The van der Waals surface area contributed by atoms with Crippen LogP contribution in [-0.2, 0) is 43.2 Å². The Morgan fingerprint density at radius 2 is 1.46 bits per heavy atom. The summed E-state index contributed by atoms with van der Waals surface area (Å²) in [6, 6.07) is 14.4. The molecule has 1 spiro atoms. The van der Waals surface area contributed by atoms with Crippen molar-refractivity contribution < 1.29 is 61.4 Å². The van der Waals surface area contributed by atoms with Gasteiger partial charge in [0.15, 0.2) is 5.60 Å². The molecule has 3 N–H and O–H groups in total. The van der Waals surface area contributed by atoms with E-state index in [1.807, 2.05) is 6.92 Å². The maximum atomic E-state index is 13.7. The smallest absolute Gasteiger partial charge is 0.340 e. The maximum Gasteiger partial charge on any atom is 0.340 e. The highest BCUT2D eigenvalue weighted by Crippen LogP contribution is 2.57. The molecule has 3 unspecified atom stereocenters. The summed E-state index contributed by atoms with van der Waals surface area (Å²) in [5.74, 6) is -1.74. The summed E-state index contributed by atoms with van der Waals surface area (Å²) in [6.45, 7) is 21.3. The van der Waals surface area contributed by atoms with Crippen LogP contribution in [0.15, 0.2) is 76.5 Å². The van der Waals surface area contributed by atoms with E-state index in [1.54, 1.807) is 79.0 Å². The van der Waals surface area contributed by atoms with Crippen molar-refractivity contribution in [3.63, 3.8) is 0 Å². The summed E-state index contributed by atoms with van der Waals surface area (Å²) >= 11 is 0. The Kier molecular flexibility index (Phi) is 17.6. The molecule has 20 nitrogen and oxygen atoms in total. The van der Waals surface area contributed by atoms with Crippen LogP contribution in [0.5, 0.6) is 23.0 Å². The van der Waals surface area contributed by atoms with Gasteiger partial charge in [-0.2, -0.15) is 0 Å². The van der Waals surface area contributed by atoms with Crippen LogP contribution in [0.4, 0.5) is 0 Å². The van der Waals surface area contributed by atoms with Crippen LogP contribution < -0.4 is 36.1 Å². The number of rotatable bonds is 19. The number of carbonyl (C=O) groups is 5. The van der Waals surface area contributed by atoms with Gasteiger partial charge in [-0.3, -0.25) is 33.5 Å². The van der Waals surface area contributed by atoms with Crippen molar-refractivity contribution in [2.75, 3.05) is 33.4 Å². The minimum atomic E-state index is -1.62. The zero-order chi connectivity index (χ0) is 55.4. The second-order valence-corrected chi connectivity index (χ2v) is 22.8. The standard InChI is InChI=1S/C55H68N5O15P/c1-31(2)60(32(3)4)76(68-12)75-42-29-46(70-33(42)5)59-30-35(48(63)58-52(59)67)15-21-45(61)56-22-13-24-69-25-23-57-47(62)34-14-18-38-41(26-34)55(74-49(38)64)39-19-16-36(71-50(65)53(6,7)8)27-43(39)73-44-28-37(17-20-40(44)55)72-51(66)54(9,10)11/h14-21,26-28,30-33,42,46H,13,22-25,29H2,1-12H3,(H,56,61)(H,57,62)(H,58,63,67)/b21-15+/t33?,42-,46?,76?/m1/s1. The zero-order valence-corrected chi connectivity index (χ0v) is 45.9. The fourth-order valence-corrected chi connectivity index (χ4v) is 10.4. The van der Waals surface area contributed by atoms with Crippen molar-refractivity contribution in [1.82, 2.24) is 24.9 Å². The van der Waals surface area contributed by atoms with E-state index >= 15 is 0 Å². The van der Waals surface area contributed by atoms with E-state index in [9.17, 15) is 33.6 Å². The summed E-state index contributed by atoms with van der Waals surface area (Å²) in [4.78, 5) is 93.8. The van der Waals surface area contributed by atoms with Gasteiger partial charge in [-0.15, -0.1) is 0 Å². The number of esters is 3. The number of hydrogen-bond donors (Lipinski definition) is 3. The van der Waals surface area contributed by atoms with Crippen LogP contribution in [0.2, 0.25) is 0 Å². The highest BCUT2D eigenvalue weighted by Gasteiger charge is 2.54. The molecular formula is C55H68N5O15P. The van der Waals surface area contributed by atoms with E-state index < -0.39 is 72.2 Å². The third kappa shape index (κ3) is 12.7. The number of nitrogens with zero attached hydrogens (tertiary/aromatic N) is 2. The molecule has 7 rings (SSSR count). The molecule has 0 saturated carbocycles. The van der Waals surface area contributed by atoms with Crippen molar-refractivity contribution in [3.8, 4) is 23.0 Å². The first kappa shape index (κ1) is 57.2. The van der Waals surface area contributed by atoms with Crippen molar-refractivity contribution in [2.45, 2.75) is 125 Å². The second-order valence-electron chi connectivity index (χ2n) is 21.3. The molecule has 0 aliphatic carbocycles. The van der Waals surface area contributed by atoms with Crippen LogP contribution in [-0.4, -0.2) is 102 Å². The molecule has 0 radical (unpaired) electrons. The first-order chi connectivity index (χ1) is 35.8. The molecule has 3 aliphatic rings. The summed E-state index contributed by atoms with van der Waals surface area (Å²) in [6.07, 6.45) is 3.18. The van der Waals surface area contributed by atoms with Gasteiger partial charge in [-0.1, -0.05) is 0 Å². The topological polar surface area (TPSA) is 241 Å². The monoisotopic (exact) mass is 1070 g/mol. The van der Waals surface area contributed by atoms with E-state index in [1.165, 1.54) is 47.2 Å². The zero-order valence-electron chi connectivity index (χ0n) is 45.0. The van der Waals surface area contributed by atoms with E-state index in [0.29, 0.717) is 29.5 Å². The molecule has 1 fully saturated rings. The molecule has 3 aliphatic heterocycles. The molecule has 408 valence electrons. The first-order valence-corrected chi connectivity index (χ1v) is 26.4. The molecular weight excluding hydrogens is 1000 g/mol. The van der Waals surface area contributed by atoms with Gasteiger partial charge in [0.05, 0.1) is 40.8 Å². The normalized spacial score (nSPS) is 18.0. The highest BCUT2D eigenvalue weighted by atomic mass is 31.2. The van der Waals surface area contributed by atoms with E-state index in [2.05, 4.69) is 48.0 Å². The third-order valence-corrected chi connectivity index (χ3v) is 14.7. The molecule has 1 saturated heterocycles. The first-order valence-electron chi connectivity index (χ1n) is 25.2. The third-order valence-electron chi connectivity index (χ3n) is 12.6. The quantitative estimate of drug-likeness (QED) is 0.0268. The summed E-state index contributed by atoms with van der Waals surface area (Å²) in [7, 11) is 0.198. The number of amides is 2. The average molecular weight is 1070 g/mol. The minimum absolute atomic E-state index is 0.0812. The van der Waals surface area contributed by atoms with Gasteiger partial charge < -0.3 is 48.1 Å². The Labute approximate surface area is 442 Å². The highest BCUT2D eigenvalue weighted by molar-refractivity contribution is 7.44. The van der Waals surface area contributed by atoms with E-state index in [4.69, 9.17) is 37.5 Å². The molecule has 21 heteroatoms. The Hall–Kier alpha value is -6.54. The van der Waals surface area contributed by atoms with Crippen LogP contribution >= 0.6 is 8.53 Å². The second kappa shape index (κ2) is 23.4. The number of aromatic amines is 1. The molecule has 4 aromatic rings. The number of H-pyrrole nitrogens is 1. The van der Waals surface area contributed by atoms with Gasteiger partial charge in [0.25, 0.3) is 20.0 Å². The largest absolute Gasteiger partial charge is 0.456 e. The molecule has 4 atom stereocenters. The lowest BCUT2D eigenvalue weighted by Crippen LogP contribution is -2.35. The molecule has 76 heavy (non-hydrogen) atoms. The lowest BCUT2D eigenvalue weighted by atomic mass is 9.77. The molecule has 4 heterocycles. The fourth-order valence-electron chi connectivity index (χ4n) is 8.73. The number of aromatic nitrogens is 2. The van der Waals surface area contributed by atoms with Crippen LogP contribution in [0.1, 0.15) is 138 Å². The molecule has 1 aromatic heterocycles. The fraction of sp³-hybridized carbons (Fsp3) is 0.473. The predicted octanol–water partition coefficient (Wildman–Crippen LogP) is 7.66. The molecule has 2 amide bonds. The van der Waals surface area contributed by atoms with Gasteiger partial charge in [0.2, 0.25) is 5.91 Å². The number of carbonyl (C=O) groups excluding carboxylic acids is 5. The number of ether oxygens (including phenoxy) is 6. The van der Waals surface area contributed by atoms with Crippen molar-refractivity contribution in [3.05, 3.63) is 121 Å². The number of hydrogen-bond acceptors (Lipinski definition) is 16. The predicted molar refractivity (Wildman–Crippen MR) is 281 cm³/mol. The van der Waals surface area contributed by atoms with Crippen LogP contribution in [0, 0.1) is 10.8 Å². The minimum Gasteiger partial charge on any atom is -0.456 e. The lowest BCUT2D eigenvalue weighted by Gasteiger charge is -2.37. The molecule has 0 bridgehead atoms. The van der Waals surface area contributed by atoms with E-state index in [-0.39, 0.29) is 90.3 Å². The van der Waals surface area contributed by atoms with Crippen molar-refractivity contribution in [1.29, 1.82) is 0 Å². The summed E-state index contributed by atoms with van der Waals surface area (Å²) in [5.41, 5.74) is -2.85. The van der Waals surface area contributed by atoms with Crippen molar-refractivity contribution in [2.24, 2.45) is 10.8 Å².